The minimum absolute atomic E-state index is 0.0453. The van der Waals surface area contributed by atoms with Crippen molar-refractivity contribution in [3.63, 3.8) is 0 Å². The second-order valence-electron chi connectivity index (χ2n) is 4.23. The van der Waals surface area contributed by atoms with Gasteiger partial charge in [0.15, 0.2) is 0 Å². The molecular formula is C15H15ClN2O4. The highest BCUT2D eigenvalue weighted by Gasteiger charge is 2.11. The van der Waals surface area contributed by atoms with Crippen molar-refractivity contribution in [1.29, 1.82) is 0 Å². The van der Waals surface area contributed by atoms with Crippen molar-refractivity contribution in [3.8, 4) is 5.75 Å². The Morgan fingerprint density at radius 1 is 1.45 bits per heavy atom. The number of carboxylic acid groups (broad SMARTS) is 1. The number of hydrogen-bond acceptors (Lipinski definition) is 4. The van der Waals surface area contributed by atoms with Gasteiger partial charge in [0.25, 0.3) is 0 Å². The van der Waals surface area contributed by atoms with Gasteiger partial charge in [-0.3, -0.25) is 9.79 Å². The number of halogens is 1. The Balaban J connectivity index is 2.84. The van der Waals surface area contributed by atoms with Crippen LogP contribution in [0.2, 0.25) is 5.02 Å². The summed E-state index contributed by atoms with van der Waals surface area (Å²) in [4.78, 5) is 26.2. The molecule has 7 heteroatoms. The van der Waals surface area contributed by atoms with E-state index in [0.717, 1.165) is 0 Å². The fourth-order valence-corrected chi connectivity index (χ4v) is 1.78. The molecule has 0 saturated heterocycles. The SMILES string of the molecule is C=N/C(=C\C(=C/C)NC(=O)Cc1cc(Cl)ccc1O)C(=O)O. The fourth-order valence-electron chi connectivity index (χ4n) is 1.59. The maximum absolute atomic E-state index is 12.0. The standard InChI is InChI=1S/C15H15ClN2O4/c1-3-11(8-12(17-2)15(21)22)18-14(20)7-9-6-10(16)4-5-13(9)19/h3-6,8,19H,2,7H2,1H3,(H,18,20)(H,21,22)/b11-3+,12-8-. The van der Waals surface area contributed by atoms with E-state index in [0.29, 0.717) is 10.6 Å². The number of carbonyl (C=O) groups is 2. The molecule has 0 heterocycles. The van der Waals surface area contributed by atoms with Gasteiger partial charge in [-0.2, -0.15) is 0 Å². The second-order valence-corrected chi connectivity index (χ2v) is 4.67. The Bertz CT molecular complexity index is 666. The number of nitrogens with zero attached hydrogens (tertiary/aromatic N) is 1. The van der Waals surface area contributed by atoms with Crippen LogP contribution in [0.4, 0.5) is 0 Å². The lowest BCUT2D eigenvalue weighted by molar-refractivity contribution is -0.132. The summed E-state index contributed by atoms with van der Waals surface area (Å²) < 4.78 is 0. The van der Waals surface area contributed by atoms with Gasteiger partial charge in [-0.05, 0) is 37.9 Å². The van der Waals surface area contributed by atoms with Crippen LogP contribution < -0.4 is 5.32 Å². The molecule has 0 aliphatic carbocycles. The van der Waals surface area contributed by atoms with E-state index in [2.05, 4.69) is 17.0 Å². The summed E-state index contributed by atoms with van der Waals surface area (Å²) in [7, 11) is 0. The maximum atomic E-state index is 12.0. The van der Waals surface area contributed by atoms with E-state index < -0.39 is 11.9 Å². The molecule has 1 rings (SSSR count). The first kappa shape index (κ1) is 17.5. The molecule has 0 fully saturated rings. The van der Waals surface area contributed by atoms with E-state index in [9.17, 15) is 14.7 Å². The molecular weight excluding hydrogens is 308 g/mol. The molecule has 3 N–H and O–H groups in total. The molecule has 1 aromatic carbocycles. The monoisotopic (exact) mass is 322 g/mol. The Labute approximate surface area is 132 Å². The van der Waals surface area contributed by atoms with Crippen molar-refractivity contribution in [3.05, 3.63) is 52.3 Å². The van der Waals surface area contributed by atoms with Gasteiger partial charge < -0.3 is 15.5 Å². The van der Waals surface area contributed by atoms with Crippen molar-refractivity contribution in [1.82, 2.24) is 5.32 Å². The Morgan fingerprint density at radius 2 is 2.14 bits per heavy atom. The summed E-state index contributed by atoms with van der Waals surface area (Å²) in [5.41, 5.74) is 0.333. The average Bonchev–Trinajstić information content (AvgIpc) is 2.46. The van der Waals surface area contributed by atoms with Crippen molar-refractivity contribution in [2.75, 3.05) is 0 Å². The average molecular weight is 323 g/mol. The number of aliphatic imine (C=N–C) groups is 1. The predicted octanol–water partition coefficient (Wildman–Crippen LogP) is 2.28. The highest BCUT2D eigenvalue weighted by molar-refractivity contribution is 6.30. The third-order valence-corrected chi connectivity index (χ3v) is 2.90. The van der Waals surface area contributed by atoms with Gasteiger partial charge in [0.2, 0.25) is 5.91 Å². The third kappa shape index (κ3) is 5.06. The number of allylic oxidation sites excluding steroid dienone is 2. The van der Waals surface area contributed by atoms with E-state index in [1.807, 2.05) is 0 Å². The largest absolute Gasteiger partial charge is 0.508 e. The molecule has 0 aliphatic heterocycles. The molecule has 0 saturated carbocycles. The number of amides is 1. The molecule has 0 spiro atoms. The minimum Gasteiger partial charge on any atom is -0.508 e. The summed E-state index contributed by atoms with van der Waals surface area (Å²) in [5, 5.41) is 21.5. The number of benzene rings is 1. The molecule has 6 nitrogen and oxygen atoms in total. The number of nitrogens with one attached hydrogen (secondary N) is 1. The van der Waals surface area contributed by atoms with E-state index in [-0.39, 0.29) is 23.6 Å². The zero-order valence-corrected chi connectivity index (χ0v) is 12.6. The molecule has 0 unspecified atom stereocenters. The molecule has 22 heavy (non-hydrogen) atoms. The summed E-state index contributed by atoms with van der Waals surface area (Å²) in [6.45, 7) is 4.78. The first-order valence-electron chi connectivity index (χ1n) is 6.22. The number of carboxylic acids is 1. The Morgan fingerprint density at radius 3 is 2.68 bits per heavy atom. The van der Waals surface area contributed by atoms with Crippen LogP contribution in [0.1, 0.15) is 12.5 Å². The first-order chi connectivity index (χ1) is 10.4. The molecule has 0 atom stereocenters. The van der Waals surface area contributed by atoms with Gasteiger partial charge in [-0.25, -0.2) is 4.79 Å². The van der Waals surface area contributed by atoms with E-state index in [1.165, 1.54) is 30.4 Å². The van der Waals surface area contributed by atoms with Crippen LogP contribution in [0.5, 0.6) is 5.75 Å². The molecule has 1 amide bonds. The summed E-state index contributed by atoms with van der Waals surface area (Å²) in [6, 6.07) is 4.38. The number of aliphatic carboxylic acids is 1. The molecule has 0 bridgehead atoms. The summed E-state index contributed by atoms with van der Waals surface area (Å²) in [6.07, 6.45) is 2.59. The highest BCUT2D eigenvalue weighted by atomic mass is 35.5. The zero-order valence-electron chi connectivity index (χ0n) is 11.8. The van der Waals surface area contributed by atoms with Crippen LogP contribution in [0, 0.1) is 0 Å². The van der Waals surface area contributed by atoms with Crippen LogP contribution >= 0.6 is 11.6 Å². The molecule has 0 radical (unpaired) electrons. The van der Waals surface area contributed by atoms with Gasteiger partial charge in [0.05, 0.1) is 6.42 Å². The number of rotatable bonds is 6. The van der Waals surface area contributed by atoms with Gasteiger partial charge in [0.1, 0.15) is 11.4 Å². The van der Waals surface area contributed by atoms with Crippen molar-refractivity contribution in [2.24, 2.45) is 4.99 Å². The number of phenolic OH excluding ortho intramolecular Hbond substituents is 1. The Hall–Kier alpha value is -2.60. The van der Waals surface area contributed by atoms with E-state index in [1.54, 1.807) is 6.92 Å². The van der Waals surface area contributed by atoms with Crippen LogP contribution in [-0.4, -0.2) is 28.8 Å². The topological polar surface area (TPSA) is 99.0 Å². The van der Waals surface area contributed by atoms with Crippen molar-refractivity contribution < 1.29 is 19.8 Å². The quantitative estimate of drug-likeness (QED) is 0.425. The minimum atomic E-state index is -1.25. The maximum Gasteiger partial charge on any atom is 0.354 e. The van der Waals surface area contributed by atoms with Crippen LogP contribution in [0.15, 0.2) is 46.7 Å². The van der Waals surface area contributed by atoms with Crippen molar-refractivity contribution >= 4 is 30.2 Å². The molecule has 1 aromatic rings. The summed E-state index contributed by atoms with van der Waals surface area (Å²) >= 11 is 5.81. The number of phenols is 1. The number of hydrogen-bond donors (Lipinski definition) is 3. The third-order valence-electron chi connectivity index (χ3n) is 2.67. The Kier molecular flexibility index (Phi) is 6.34. The van der Waals surface area contributed by atoms with Gasteiger partial charge in [-0.1, -0.05) is 17.7 Å². The van der Waals surface area contributed by atoms with Gasteiger partial charge >= 0.3 is 5.97 Å². The number of carbonyl (C=O) groups excluding carboxylic acids is 1. The lowest BCUT2D eigenvalue weighted by atomic mass is 10.1. The molecule has 0 aromatic heterocycles. The smallest absolute Gasteiger partial charge is 0.354 e. The van der Waals surface area contributed by atoms with Gasteiger partial charge in [0, 0.05) is 16.3 Å². The highest BCUT2D eigenvalue weighted by Crippen LogP contribution is 2.21. The van der Waals surface area contributed by atoms with E-state index >= 15 is 0 Å². The number of aromatic hydroxyl groups is 1. The predicted molar refractivity (Wildman–Crippen MR) is 84.0 cm³/mol. The van der Waals surface area contributed by atoms with Crippen molar-refractivity contribution in [2.45, 2.75) is 13.3 Å². The lowest BCUT2D eigenvalue weighted by Gasteiger charge is -2.08. The van der Waals surface area contributed by atoms with Crippen LogP contribution in [0.25, 0.3) is 0 Å². The summed E-state index contributed by atoms with van der Waals surface area (Å²) in [5.74, 6) is -1.73. The van der Waals surface area contributed by atoms with Gasteiger partial charge in [-0.15, -0.1) is 0 Å². The first-order valence-corrected chi connectivity index (χ1v) is 6.60. The van der Waals surface area contributed by atoms with Crippen LogP contribution in [0.3, 0.4) is 0 Å². The van der Waals surface area contributed by atoms with E-state index in [4.69, 9.17) is 16.7 Å². The molecule has 116 valence electrons. The lowest BCUT2D eigenvalue weighted by Crippen LogP contribution is -2.24. The zero-order chi connectivity index (χ0) is 16.7. The normalized spacial score (nSPS) is 11.9. The second kappa shape index (κ2) is 7.99. The van der Waals surface area contributed by atoms with Crippen LogP contribution in [-0.2, 0) is 16.0 Å². The molecule has 0 aliphatic rings. The fraction of sp³-hybridized carbons (Fsp3) is 0.133.